The van der Waals surface area contributed by atoms with E-state index in [9.17, 15) is 4.79 Å². The number of nitrogens with one attached hydrogen (secondary N) is 2. The van der Waals surface area contributed by atoms with Crippen LogP contribution in [0.25, 0.3) is 11.0 Å². The minimum atomic E-state index is -0.295. The van der Waals surface area contributed by atoms with Gasteiger partial charge in [-0.15, -0.1) is 0 Å². The van der Waals surface area contributed by atoms with Crippen LogP contribution >= 0.6 is 0 Å². The molecule has 0 bridgehead atoms. The highest BCUT2D eigenvalue weighted by Gasteiger charge is 2.09. The Morgan fingerprint density at radius 2 is 1.84 bits per heavy atom. The molecule has 0 aliphatic heterocycles. The molecular formula is C18H18N4O3. The van der Waals surface area contributed by atoms with Crippen LogP contribution in [0.1, 0.15) is 22.8 Å². The van der Waals surface area contributed by atoms with Crippen molar-refractivity contribution in [1.29, 1.82) is 0 Å². The van der Waals surface area contributed by atoms with E-state index >= 15 is 0 Å². The second-order valence-electron chi connectivity index (χ2n) is 5.34. The fraction of sp³-hybridized carbons (Fsp3) is 0.167. The van der Waals surface area contributed by atoms with Crippen molar-refractivity contribution in [2.24, 2.45) is 5.10 Å². The Balaban J connectivity index is 1.77. The highest BCUT2D eigenvalue weighted by atomic mass is 16.5. The third-order valence-electron chi connectivity index (χ3n) is 3.81. The number of benzene rings is 2. The Morgan fingerprint density at radius 3 is 2.60 bits per heavy atom. The standard InChI is InChI=1S/C18H18N4O3/c1-11(12-5-7-16(24-2)17(9-12)25-3)21-22-18(23)13-4-6-14-15(8-13)20-10-19-14/h4-10H,1-3H3,(H,19,20)(H,22,23). The van der Waals surface area contributed by atoms with Gasteiger partial charge < -0.3 is 14.5 Å². The minimum Gasteiger partial charge on any atom is -0.493 e. The van der Waals surface area contributed by atoms with Gasteiger partial charge >= 0.3 is 0 Å². The molecule has 2 N–H and O–H groups in total. The molecule has 0 unspecified atom stereocenters. The van der Waals surface area contributed by atoms with Gasteiger partial charge in [-0.2, -0.15) is 5.10 Å². The summed E-state index contributed by atoms with van der Waals surface area (Å²) in [5, 5.41) is 4.16. The number of fused-ring (bicyclic) bond motifs is 1. The van der Waals surface area contributed by atoms with Gasteiger partial charge in [0.25, 0.3) is 5.91 Å². The number of rotatable bonds is 5. The number of nitrogens with zero attached hydrogens (tertiary/aromatic N) is 2. The molecule has 3 aromatic rings. The molecule has 128 valence electrons. The molecule has 0 atom stereocenters. The molecule has 0 spiro atoms. The van der Waals surface area contributed by atoms with E-state index in [1.54, 1.807) is 57.8 Å². The van der Waals surface area contributed by atoms with Crippen molar-refractivity contribution in [3.05, 3.63) is 53.9 Å². The number of H-pyrrole nitrogens is 1. The Labute approximate surface area is 144 Å². The molecule has 1 heterocycles. The van der Waals surface area contributed by atoms with Crippen molar-refractivity contribution >= 4 is 22.7 Å². The van der Waals surface area contributed by atoms with E-state index in [0.29, 0.717) is 22.8 Å². The summed E-state index contributed by atoms with van der Waals surface area (Å²) in [7, 11) is 3.15. The first-order chi connectivity index (χ1) is 12.1. The van der Waals surface area contributed by atoms with Crippen molar-refractivity contribution in [3.63, 3.8) is 0 Å². The normalized spacial score (nSPS) is 11.4. The van der Waals surface area contributed by atoms with E-state index in [4.69, 9.17) is 9.47 Å². The molecule has 3 rings (SSSR count). The summed E-state index contributed by atoms with van der Waals surface area (Å²) in [4.78, 5) is 19.4. The number of ether oxygens (including phenoxy) is 2. The third-order valence-corrected chi connectivity index (χ3v) is 3.81. The van der Waals surface area contributed by atoms with Gasteiger partial charge in [0.05, 0.1) is 37.3 Å². The van der Waals surface area contributed by atoms with Gasteiger partial charge in [0.2, 0.25) is 0 Å². The molecule has 7 nitrogen and oxygen atoms in total. The maximum atomic E-state index is 12.3. The monoisotopic (exact) mass is 338 g/mol. The lowest BCUT2D eigenvalue weighted by atomic mass is 10.1. The maximum Gasteiger partial charge on any atom is 0.271 e. The largest absolute Gasteiger partial charge is 0.493 e. The summed E-state index contributed by atoms with van der Waals surface area (Å²) in [6, 6.07) is 10.7. The topological polar surface area (TPSA) is 88.6 Å². The van der Waals surface area contributed by atoms with Crippen molar-refractivity contribution in [3.8, 4) is 11.5 Å². The lowest BCUT2D eigenvalue weighted by molar-refractivity contribution is 0.0955. The van der Waals surface area contributed by atoms with Gasteiger partial charge in [0.15, 0.2) is 11.5 Å². The summed E-state index contributed by atoms with van der Waals surface area (Å²) in [5.74, 6) is 0.942. The molecule has 0 saturated carbocycles. The number of methoxy groups -OCH3 is 2. The summed E-state index contributed by atoms with van der Waals surface area (Å²) < 4.78 is 10.5. The number of hydrogen-bond donors (Lipinski definition) is 2. The van der Waals surface area contributed by atoms with Crippen LogP contribution in [0.3, 0.4) is 0 Å². The first-order valence-electron chi connectivity index (χ1n) is 7.62. The quantitative estimate of drug-likeness (QED) is 0.553. The van der Waals surface area contributed by atoms with Crippen LogP contribution in [0.4, 0.5) is 0 Å². The molecule has 1 amide bonds. The first-order valence-corrected chi connectivity index (χ1v) is 7.62. The Hall–Kier alpha value is -3.35. The molecule has 1 aromatic heterocycles. The van der Waals surface area contributed by atoms with Gasteiger partial charge in [0, 0.05) is 11.1 Å². The zero-order chi connectivity index (χ0) is 17.8. The Bertz CT molecular complexity index is 946. The SMILES string of the molecule is COc1ccc(C(C)=NNC(=O)c2ccc3nc[nH]c3c2)cc1OC. The van der Waals surface area contributed by atoms with E-state index in [1.165, 1.54) is 0 Å². The van der Waals surface area contributed by atoms with Crippen LogP contribution in [0.5, 0.6) is 11.5 Å². The number of hydrazone groups is 1. The average molecular weight is 338 g/mol. The van der Waals surface area contributed by atoms with E-state index in [1.807, 2.05) is 6.07 Å². The van der Waals surface area contributed by atoms with E-state index < -0.39 is 0 Å². The number of hydrogen-bond acceptors (Lipinski definition) is 5. The molecule has 0 fully saturated rings. The predicted octanol–water partition coefficient (Wildman–Crippen LogP) is 2.73. The fourth-order valence-corrected chi connectivity index (χ4v) is 2.40. The summed E-state index contributed by atoms with van der Waals surface area (Å²) in [6.45, 7) is 1.81. The molecule has 25 heavy (non-hydrogen) atoms. The average Bonchev–Trinajstić information content (AvgIpc) is 3.12. The highest BCUT2D eigenvalue weighted by molar-refractivity contribution is 6.02. The number of carbonyl (C=O) groups excluding carboxylic acids is 1. The van der Waals surface area contributed by atoms with Crippen LogP contribution in [-0.2, 0) is 0 Å². The number of amides is 1. The second kappa shape index (κ2) is 7.04. The van der Waals surface area contributed by atoms with Crippen LogP contribution in [-0.4, -0.2) is 35.8 Å². The number of aromatic amines is 1. The lowest BCUT2D eigenvalue weighted by Crippen LogP contribution is -2.19. The molecule has 0 aliphatic carbocycles. The summed E-state index contributed by atoms with van der Waals surface area (Å²) in [5.41, 5.74) is 6.14. The van der Waals surface area contributed by atoms with Gasteiger partial charge in [-0.05, 0) is 43.3 Å². The fourth-order valence-electron chi connectivity index (χ4n) is 2.40. The maximum absolute atomic E-state index is 12.3. The van der Waals surface area contributed by atoms with E-state index in [-0.39, 0.29) is 5.91 Å². The zero-order valence-corrected chi connectivity index (χ0v) is 14.2. The smallest absolute Gasteiger partial charge is 0.271 e. The van der Waals surface area contributed by atoms with Crippen LogP contribution in [0.15, 0.2) is 47.8 Å². The highest BCUT2D eigenvalue weighted by Crippen LogP contribution is 2.27. The van der Waals surface area contributed by atoms with Crippen molar-refractivity contribution in [2.45, 2.75) is 6.92 Å². The number of carbonyl (C=O) groups is 1. The zero-order valence-electron chi connectivity index (χ0n) is 14.2. The number of imidazole rings is 1. The summed E-state index contributed by atoms with van der Waals surface area (Å²) in [6.07, 6.45) is 1.59. The first kappa shape index (κ1) is 16.5. The van der Waals surface area contributed by atoms with Gasteiger partial charge in [-0.1, -0.05) is 0 Å². The Morgan fingerprint density at radius 1 is 1.08 bits per heavy atom. The van der Waals surface area contributed by atoms with Crippen LogP contribution in [0, 0.1) is 0 Å². The number of aromatic nitrogens is 2. The third kappa shape index (κ3) is 3.45. The molecule has 2 aromatic carbocycles. The van der Waals surface area contributed by atoms with Crippen molar-refractivity contribution in [2.75, 3.05) is 14.2 Å². The van der Waals surface area contributed by atoms with E-state index in [2.05, 4.69) is 20.5 Å². The van der Waals surface area contributed by atoms with Gasteiger partial charge in [-0.3, -0.25) is 4.79 Å². The molecular weight excluding hydrogens is 320 g/mol. The lowest BCUT2D eigenvalue weighted by Gasteiger charge is -2.09. The molecule has 7 heteroatoms. The molecule has 0 radical (unpaired) electrons. The van der Waals surface area contributed by atoms with Crippen molar-refractivity contribution in [1.82, 2.24) is 15.4 Å². The van der Waals surface area contributed by atoms with Crippen molar-refractivity contribution < 1.29 is 14.3 Å². The van der Waals surface area contributed by atoms with Crippen LogP contribution < -0.4 is 14.9 Å². The van der Waals surface area contributed by atoms with E-state index in [0.717, 1.165) is 16.6 Å². The Kier molecular flexibility index (Phi) is 4.65. The van der Waals surface area contributed by atoms with Crippen LogP contribution in [0.2, 0.25) is 0 Å². The predicted molar refractivity (Wildman–Crippen MR) is 95.3 cm³/mol. The summed E-state index contributed by atoms with van der Waals surface area (Å²) >= 11 is 0. The molecule has 0 aliphatic rings. The van der Waals surface area contributed by atoms with Gasteiger partial charge in [0.1, 0.15) is 0 Å². The molecule has 0 saturated heterocycles. The van der Waals surface area contributed by atoms with Gasteiger partial charge in [-0.25, -0.2) is 10.4 Å². The second-order valence-corrected chi connectivity index (χ2v) is 5.34. The minimum absolute atomic E-state index is 0.295.